The largest absolute Gasteiger partial charge is 0.384 e. The molecular formula is C17H18N2. The molecule has 0 unspecified atom stereocenters. The average molecular weight is 250 g/mol. The summed E-state index contributed by atoms with van der Waals surface area (Å²) in [6.45, 7) is 4.85. The molecule has 0 heterocycles. The summed E-state index contributed by atoms with van der Waals surface area (Å²) in [5.41, 5.74) is 5.96. The van der Waals surface area contributed by atoms with Crippen molar-refractivity contribution in [3.63, 3.8) is 0 Å². The molecule has 96 valence electrons. The van der Waals surface area contributed by atoms with Crippen molar-refractivity contribution in [1.29, 1.82) is 5.26 Å². The van der Waals surface area contributed by atoms with Crippen molar-refractivity contribution < 1.29 is 0 Å². The molecule has 0 amide bonds. The van der Waals surface area contributed by atoms with Gasteiger partial charge in [0.15, 0.2) is 0 Å². The molecule has 2 heteroatoms. The third kappa shape index (κ3) is 3.35. The molecule has 2 rings (SSSR count). The summed E-state index contributed by atoms with van der Waals surface area (Å²) in [7, 11) is 0. The summed E-state index contributed by atoms with van der Waals surface area (Å²) in [4.78, 5) is 0. The quantitative estimate of drug-likeness (QED) is 0.821. The normalized spacial score (nSPS) is 9.95. The van der Waals surface area contributed by atoms with E-state index in [-0.39, 0.29) is 0 Å². The number of benzene rings is 2. The molecule has 0 aliphatic carbocycles. The van der Waals surface area contributed by atoms with Crippen molar-refractivity contribution in [2.24, 2.45) is 0 Å². The number of nitriles is 1. The number of rotatable bonds is 4. The summed E-state index contributed by atoms with van der Waals surface area (Å²) in [6, 6.07) is 17.0. The van der Waals surface area contributed by atoms with Crippen LogP contribution in [0.5, 0.6) is 0 Å². The Morgan fingerprint density at radius 1 is 1.00 bits per heavy atom. The molecule has 0 bridgehead atoms. The molecular weight excluding hydrogens is 232 g/mol. The van der Waals surface area contributed by atoms with Crippen LogP contribution >= 0.6 is 0 Å². The lowest BCUT2D eigenvalue weighted by Crippen LogP contribution is -2.02. The zero-order chi connectivity index (χ0) is 13.7. The maximum Gasteiger partial charge on any atom is 0.0640 e. The van der Waals surface area contributed by atoms with E-state index in [0.717, 1.165) is 5.69 Å². The highest BCUT2D eigenvalue weighted by Crippen LogP contribution is 2.29. The molecule has 2 aromatic carbocycles. The molecule has 0 saturated carbocycles. The Kier molecular flexibility index (Phi) is 4.20. The van der Waals surface area contributed by atoms with Crippen molar-refractivity contribution in [3.05, 3.63) is 53.6 Å². The van der Waals surface area contributed by atoms with Crippen molar-refractivity contribution in [1.82, 2.24) is 0 Å². The molecule has 19 heavy (non-hydrogen) atoms. The Hall–Kier alpha value is -2.27. The second-order valence-electron chi connectivity index (χ2n) is 4.75. The van der Waals surface area contributed by atoms with Crippen LogP contribution in [0.15, 0.2) is 42.5 Å². The van der Waals surface area contributed by atoms with E-state index in [2.05, 4.69) is 67.7 Å². The van der Waals surface area contributed by atoms with E-state index in [1.165, 1.54) is 22.3 Å². The van der Waals surface area contributed by atoms with Crippen LogP contribution in [-0.4, -0.2) is 6.54 Å². The first kappa shape index (κ1) is 13.2. The maximum atomic E-state index is 8.63. The summed E-state index contributed by atoms with van der Waals surface area (Å²) in [6.07, 6.45) is 0.515. The SMILES string of the molecule is Cc1ccc(-c2ccc(C)cc2NCCC#N)cc1. The van der Waals surface area contributed by atoms with Crippen molar-refractivity contribution >= 4 is 5.69 Å². The van der Waals surface area contributed by atoms with Gasteiger partial charge in [-0.2, -0.15) is 5.26 Å². The lowest BCUT2D eigenvalue weighted by Gasteiger charge is -2.12. The van der Waals surface area contributed by atoms with Gasteiger partial charge in [-0.1, -0.05) is 42.0 Å². The number of hydrogen-bond donors (Lipinski definition) is 1. The highest BCUT2D eigenvalue weighted by atomic mass is 14.9. The third-order valence-corrected chi connectivity index (χ3v) is 3.09. The van der Waals surface area contributed by atoms with Gasteiger partial charge in [0.1, 0.15) is 0 Å². The van der Waals surface area contributed by atoms with Crippen molar-refractivity contribution in [2.75, 3.05) is 11.9 Å². The van der Waals surface area contributed by atoms with Crippen LogP contribution in [0.4, 0.5) is 5.69 Å². The predicted octanol–water partition coefficient (Wildman–Crippen LogP) is 4.30. The van der Waals surface area contributed by atoms with Crippen LogP contribution < -0.4 is 5.32 Å². The van der Waals surface area contributed by atoms with Gasteiger partial charge >= 0.3 is 0 Å². The molecule has 0 radical (unpaired) electrons. The number of aryl methyl sites for hydroxylation is 2. The van der Waals surface area contributed by atoms with Gasteiger partial charge in [0.25, 0.3) is 0 Å². The Morgan fingerprint density at radius 2 is 1.68 bits per heavy atom. The first-order chi connectivity index (χ1) is 9.20. The van der Waals surface area contributed by atoms with Gasteiger partial charge in [-0.3, -0.25) is 0 Å². The molecule has 0 atom stereocenters. The summed E-state index contributed by atoms with van der Waals surface area (Å²) < 4.78 is 0. The second-order valence-corrected chi connectivity index (χ2v) is 4.75. The number of nitrogens with zero attached hydrogens (tertiary/aromatic N) is 1. The zero-order valence-corrected chi connectivity index (χ0v) is 11.4. The molecule has 0 fully saturated rings. The van der Waals surface area contributed by atoms with E-state index in [4.69, 9.17) is 5.26 Å². The molecule has 0 spiro atoms. The molecule has 0 aliphatic heterocycles. The monoisotopic (exact) mass is 250 g/mol. The second kappa shape index (κ2) is 6.06. The number of anilines is 1. The third-order valence-electron chi connectivity index (χ3n) is 3.09. The van der Waals surface area contributed by atoms with Gasteiger partial charge in [-0.05, 0) is 31.0 Å². The summed E-state index contributed by atoms with van der Waals surface area (Å²) in [5, 5.41) is 12.0. The molecule has 0 aromatic heterocycles. The van der Waals surface area contributed by atoms with E-state index in [9.17, 15) is 0 Å². The Morgan fingerprint density at radius 3 is 2.37 bits per heavy atom. The van der Waals surface area contributed by atoms with Crippen LogP contribution in [0.2, 0.25) is 0 Å². The van der Waals surface area contributed by atoms with E-state index >= 15 is 0 Å². The Balaban J connectivity index is 2.33. The van der Waals surface area contributed by atoms with E-state index in [0.29, 0.717) is 13.0 Å². The molecule has 0 saturated heterocycles. The predicted molar refractivity (Wildman–Crippen MR) is 80.1 cm³/mol. The number of nitrogens with one attached hydrogen (secondary N) is 1. The number of hydrogen-bond acceptors (Lipinski definition) is 2. The average Bonchev–Trinajstić information content (AvgIpc) is 2.41. The van der Waals surface area contributed by atoms with Crippen molar-refractivity contribution in [2.45, 2.75) is 20.3 Å². The van der Waals surface area contributed by atoms with E-state index in [1.807, 2.05) is 0 Å². The zero-order valence-electron chi connectivity index (χ0n) is 11.4. The van der Waals surface area contributed by atoms with E-state index in [1.54, 1.807) is 0 Å². The minimum atomic E-state index is 0.515. The lowest BCUT2D eigenvalue weighted by molar-refractivity contribution is 1.07. The topological polar surface area (TPSA) is 35.8 Å². The standard InChI is InChI=1S/C17H18N2/c1-13-4-7-15(8-5-13)16-9-6-14(2)12-17(16)19-11-3-10-18/h4-9,12,19H,3,11H2,1-2H3. The fourth-order valence-electron chi connectivity index (χ4n) is 2.04. The highest BCUT2D eigenvalue weighted by Gasteiger charge is 2.05. The first-order valence-electron chi connectivity index (χ1n) is 6.49. The van der Waals surface area contributed by atoms with Gasteiger partial charge in [0.2, 0.25) is 0 Å². The Bertz CT molecular complexity index is 592. The highest BCUT2D eigenvalue weighted by molar-refractivity contribution is 5.78. The molecule has 1 N–H and O–H groups in total. The Labute approximate surface area is 114 Å². The lowest BCUT2D eigenvalue weighted by atomic mass is 10.0. The smallest absolute Gasteiger partial charge is 0.0640 e. The van der Waals surface area contributed by atoms with Crippen LogP contribution in [0.1, 0.15) is 17.5 Å². The van der Waals surface area contributed by atoms with Crippen LogP contribution in [0.3, 0.4) is 0 Å². The molecule has 2 nitrogen and oxygen atoms in total. The van der Waals surface area contributed by atoms with Gasteiger partial charge in [-0.15, -0.1) is 0 Å². The fraction of sp³-hybridized carbons (Fsp3) is 0.235. The molecule has 0 aliphatic rings. The summed E-state index contributed by atoms with van der Waals surface area (Å²) in [5.74, 6) is 0. The van der Waals surface area contributed by atoms with Crippen LogP contribution in [0.25, 0.3) is 11.1 Å². The van der Waals surface area contributed by atoms with Crippen LogP contribution in [-0.2, 0) is 0 Å². The van der Waals surface area contributed by atoms with Crippen molar-refractivity contribution in [3.8, 4) is 17.2 Å². The van der Waals surface area contributed by atoms with Gasteiger partial charge in [-0.25, -0.2) is 0 Å². The van der Waals surface area contributed by atoms with Gasteiger partial charge in [0.05, 0.1) is 12.5 Å². The summed E-state index contributed by atoms with van der Waals surface area (Å²) >= 11 is 0. The minimum absolute atomic E-state index is 0.515. The minimum Gasteiger partial charge on any atom is -0.384 e. The van der Waals surface area contributed by atoms with Gasteiger partial charge in [0, 0.05) is 17.8 Å². The van der Waals surface area contributed by atoms with E-state index < -0.39 is 0 Å². The molecule has 2 aromatic rings. The first-order valence-corrected chi connectivity index (χ1v) is 6.49. The fourth-order valence-corrected chi connectivity index (χ4v) is 2.04. The van der Waals surface area contributed by atoms with Gasteiger partial charge < -0.3 is 5.32 Å². The van der Waals surface area contributed by atoms with Crippen LogP contribution in [0, 0.1) is 25.2 Å². The maximum absolute atomic E-state index is 8.63.